The van der Waals surface area contributed by atoms with Crippen LogP contribution in [0, 0.1) is 6.92 Å². The minimum absolute atomic E-state index is 0. The summed E-state index contributed by atoms with van der Waals surface area (Å²) in [6.07, 6.45) is 0. The van der Waals surface area contributed by atoms with Gasteiger partial charge in [0, 0.05) is 35.7 Å². The molecule has 5 heteroatoms. The summed E-state index contributed by atoms with van der Waals surface area (Å²) in [5, 5.41) is 3.29. The number of nitrogens with zero attached hydrogens (tertiary/aromatic N) is 1. The van der Waals surface area contributed by atoms with Gasteiger partial charge >= 0.3 is 0 Å². The van der Waals surface area contributed by atoms with Gasteiger partial charge < -0.3 is 10.2 Å². The molecule has 1 aromatic rings. The van der Waals surface area contributed by atoms with Gasteiger partial charge in [-0.3, -0.25) is 4.79 Å². The first-order chi connectivity index (χ1) is 8.09. The van der Waals surface area contributed by atoms with Crippen molar-refractivity contribution in [1.29, 1.82) is 0 Å². The first-order valence-electron chi connectivity index (χ1n) is 5.87. The number of benzene rings is 1. The molecular weight excluding hydrogens is 316 g/mol. The van der Waals surface area contributed by atoms with E-state index in [1.165, 1.54) is 0 Å². The molecule has 1 fully saturated rings. The molecule has 1 aromatic carbocycles. The Hall–Kier alpha value is -0.580. The third-order valence-corrected chi connectivity index (χ3v) is 4.06. The van der Waals surface area contributed by atoms with Crippen LogP contribution in [0.2, 0.25) is 0 Å². The van der Waals surface area contributed by atoms with Crippen molar-refractivity contribution < 1.29 is 4.79 Å². The third-order valence-electron chi connectivity index (χ3n) is 3.17. The summed E-state index contributed by atoms with van der Waals surface area (Å²) in [6, 6.07) is 6.03. The van der Waals surface area contributed by atoms with Gasteiger partial charge in [0.15, 0.2) is 0 Å². The molecule has 0 spiro atoms. The molecule has 0 unspecified atom stereocenters. The molecule has 0 radical (unpaired) electrons. The molecule has 3 nitrogen and oxygen atoms in total. The number of piperazine rings is 1. The summed E-state index contributed by atoms with van der Waals surface area (Å²) >= 11 is 3.45. The summed E-state index contributed by atoms with van der Waals surface area (Å²) in [4.78, 5) is 14.3. The van der Waals surface area contributed by atoms with Gasteiger partial charge in [0.05, 0.1) is 0 Å². The highest BCUT2D eigenvalue weighted by atomic mass is 79.9. The van der Waals surface area contributed by atoms with Crippen LogP contribution in [0.25, 0.3) is 0 Å². The number of rotatable bonds is 1. The van der Waals surface area contributed by atoms with E-state index in [4.69, 9.17) is 0 Å². The number of amides is 1. The Balaban J connectivity index is 0.00000162. The van der Waals surface area contributed by atoms with Gasteiger partial charge in [0.1, 0.15) is 0 Å². The zero-order valence-electron chi connectivity index (χ0n) is 10.6. The topological polar surface area (TPSA) is 32.3 Å². The third kappa shape index (κ3) is 3.25. The second-order valence-corrected chi connectivity index (χ2v) is 5.37. The lowest BCUT2D eigenvalue weighted by Gasteiger charge is -2.34. The van der Waals surface area contributed by atoms with Crippen LogP contribution in [-0.4, -0.2) is 36.5 Å². The first kappa shape index (κ1) is 15.5. The van der Waals surface area contributed by atoms with Crippen molar-refractivity contribution in [1.82, 2.24) is 10.2 Å². The molecule has 1 heterocycles. The number of carbonyl (C=O) groups excluding carboxylic acids is 1. The van der Waals surface area contributed by atoms with Gasteiger partial charge in [-0.25, -0.2) is 0 Å². The summed E-state index contributed by atoms with van der Waals surface area (Å²) in [7, 11) is 0. The maximum absolute atomic E-state index is 12.4. The van der Waals surface area contributed by atoms with E-state index in [0.29, 0.717) is 0 Å². The monoisotopic (exact) mass is 332 g/mol. The Bertz CT molecular complexity index is 439. The summed E-state index contributed by atoms with van der Waals surface area (Å²) in [6.45, 7) is 6.62. The fourth-order valence-corrected chi connectivity index (χ4v) is 2.33. The molecule has 2 rings (SSSR count). The predicted octanol–water partition coefficient (Wildman–Crippen LogP) is 2.61. The Morgan fingerprint density at radius 1 is 1.50 bits per heavy atom. The Kier molecular flexibility index (Phi) is 5.63. The maximum Gasteiger partial charge on any atom is 0.254 e. The summed E-state index contributed by atoms with van der Waals surface area (Å²) in [5.74, 6) is 0.134. The minimum atomic E-state index is 0. The SMILES string of the molecule is Cc1cc(C(=O)N2CCNC[C@@H]2C)ccc1Br.Cl. The van der Waals surface area contributed by atoms with Gasteiger partial charge in [-0.1, -0.05) is 15.9 Å². The fourth-order valence-electron chi connectivity index (χ4n) is 2.09. The summed E-state index contributed by atoms with van der Waals surface area (Å²) in [5.41, 5.74) is 1.87. The lowest BCUT2D eigenvalue weighted by atomic mass is 10.1. The molecule has 0 aromatic heterocycles. The van der Waals surface area contributed by atoms with Gasteiger partial charge in [0.2, 0.25) is 0 Å². The van der Waals surface area contributed by atoms with E-state index < -0.39 is 0 Å². The van der Waals surface area contributed by atoms with Crippen LogP contribution in [0.3, 0.4) is 0 Å². The Labute approximate surface area is 122 Å². The standard InChI is InChI=1S/C13H17BrN2O.ClH/c1-9-7-11(3-4-12(9)14)13(17)16-6-5-15-8-10(16)2;/h3-4,7,10,15H,5-6,8H2,1-2H3;1H/t10-;/m0./s1. The molecule has 1 atom stereocenters. The maximum atomic E-state index is 12.4. The van der Waals surface area contributed by atoms with Crippen LogP contribution >= 0.6 is 28.3 Å². The van der Waals surface area contributed by atoms with Gasteiger partial charge in [-0.2, -0.15) is 0 Å². The lowest BCUT2D eigenvalue weighted by molar-refractivity contribution is 0.0655. The average Bonchev–Trinajstić information content (AvgIpc) is 2.32. The number of hydrogen-bond acceptors (Lipinski definition) is 2. The van der Waals surface area contributed by atoms with Gasteiger partial charge in [-0.05, 0) is 37.6 Å². The van der Waals surface area contributed by atoms with E-state index in [0.717, 1.165) is 35.2 Å². The molecule has 0 saturated carbocycles. The van der Waals surface area contributed by atoms with Crippen LogP contribution in [0.4, 0.5) is 0 Å². The predicted molar refractivity (Wildman–Crippen MR) is 79.5 cm³/mol. The minimum Gasteiger partial charge on any atom is -0.333 e. The Morgan fingerprint density at radius 2 is 2.22 bits per heavy atom. The van der Waals surface area contributed by atoms with Crippen molar-refractivity contribution in [3.05, 3.63) is 33.8 Å². The first-order valence-corrected chi connectivity index (χ1v) is 6.66. The molecule has 1 amide bonds. The number of nitrogens with one attached hydrogen (secondary N) is 1. The zero-order chi connectivity index (χ0) is 12.4. The van der Waals surface area contributed by atoms with Gasteiger partial charge in [0.25, 0.3) is 5.91 Å². The normalized spacial score (nSPS) is 19.3. The number of halogens is 2. The molecule has 1 aliphatic heterocycles. The van der Waals surface area contributed by atoms with Crippen molar-refractivity contribution in [2.75, 3.05) is 19.6 Å². The van der Waals surface area contributed by atoms with E-state index in [2.05, 4.69) is 28.2 Å². The molecule has 1 saturated heterocycles. The van der Waals surface area contributed by atoms with Gasteiger partial charge in [-0.15, -0.1) is 12.4 Å². The van der Waals surface area contributed by atoms with E-state index in [9.17, 15) is 4.79 Å². The zero-order valence-corrected chi connectivity index (χ0v) is 13.0. The number of aryl methyl sites for hydroxylation is 1. The molecule has 18 heavy (non-hydrogen) atoms. The highest BCUT2D eigenvalue weighted by Crippen LogP contribution is 2.19. The molecule has 1 aliphatic rings. The highest BCUT2D eigenvalue weighted by molar-refractivity contribution is 9.10. The van der Waals surface area contributed by atoms with Crippen molar-refractivity contribution in [3.63, 3.8) is 0 Å². The van der Waals surface area contributed by atoms with Crippen LogP contribution in [0.15, 0.2) is 22.7 Å². The largest absolute Gasteiger partial charge is 0.333 e. The van der Waals surface area contributed by atoms with Crippen molar-refractivity contribution in [2.24, 2.45) is 0 Å². The second-order valence-electron chi connectivity index (χ2n) is 4.52. The number of hydrogen-bond donors (Lipinski definition) is 1. The van der Waals surface area contributed by atoms with Crippen LogP contribution in [0.1, 0.15) is 22.8 Å². The van der Waals surface area contributed by atoms with Crippen molar-refractivity contribution >= 4 is 34.2 Å². The van der Waals surface area contributed by atoms with Crippen molar-refractivity contribution in [2.45, 2.75) is 19.9 Å². The number of carbonyl (C=O) groups is 1. The lowest BCUT2D eigenvalue weighted by Crippen LogP contribution is -2.52. The molecule has 100 valence electrons. The molecule has 0 aliphatic carbocycles. The van der Waals surface area contributed by atoms with E-state index >= 15 is 0 Å². The molecule has 0 bridgehead atoms. The molecular formula is C13H18BrClN2O. The smallest absolute Gasteiger partial charge is 0.254 e. The quantitative estimate of drug-likeness (QED) is 0.857. The Morgan fingerprint density at radius 3 is 2.83 bits per heavy atom. The van der Waals surface area contributed by atoms with Crippen LogP contribution < -0.4 is 5.32 Å². The van der Waals surface area contributed by atoms with E-state index in [1.807, 2.05) is 30.0 Å². The molecule has 1 N–H and O–H groups in total. The van der Waals surface area contributed by atoms with Crippen LogP contribution in [-0.2, 0) is 0 Å². The fraction of sp³-hybridized carbons (Fsp3) is 0.462. The van der Waals surface area contributed by atoms with Crippen LogP contribution in [0.5, 0.6) is 0 Å². The average molecular weight is 334 g/mol. The van der Waals surface area contributed by atoms with Crippen molar-refractivity contribution in [3.8, 4) is 0 Å². The van der Waals surface area contributed by atoms with E-state index in [-0.39, 0.29) is 24.4 Å². The second kappa shape index (κ2) is 6.55. The highest BCUT2D eigenvalue weighted by Gasteiger charge is 2.23. The summed E-state index contributed by atoms with van der Waals surface area (Å²) < 4.78 is 1.04. The van der Waals surface area contributed by atoms with E-state index in [1.54, 1.807) is 0 Å².